The molecule has 0 aliphatic carbocycles. The highest BCUT2D eigenvalue weighted by molar-refractivity contribution is 5.67. The molecular weight excluding hydrogens is 142 g/mol. The number of carboxylic acid groups (broad SMARTS) is 1. The monoisotopic (exact) mass is 159 g/mol. The second-order valence-corrected chi connectivity index (χ2v) is 3.21. The average molecular weight is 159 g/mol. The fourth-order valence-corrected chi connectivity index (χ4v) is 1.08. The minimum Gasteiger partial charge on any atom is -0.481 e. The van der Waals surface area contributed by atoms with E-state index < -0.39 is 5.97 Å². The molecule has 66 valence electrons. The Morgan fingerprint density at radius 3 is 2.36 bits per heavy atom. The third kappa shape index (κ3) is 5.85. The number of hydrogen-bond donors (Lipinski definition) is 2. The normalized spacial score (nSPS) is 13.5. The molecule has 0 bridgehead atoms. The van der Waals surface area contributed by atoms with Crippen LogP contribution in [0.3, 0.4) is 0 Å². The lowest BCUT2D eigenvalue weighted by molar-refractivity contribution is -0.137. The molecule has 3 heteroatoms. The van der Waals surface area contributed by atoms with Crippen LogP contribution >= 0.6 is 0 Å². The van der Waals surface area contributed by atoms with E-state index in [-0.39, 0.29) is 12.5 Å². The first-order valence-electron chi connectivity index (χ1n) is 3.95. The minimum absolute atomic E-state index is 0.118. The van der Waals surface area contributed by atoms with Crippen molar-refractivity contribution in [2.45, 2.75) is 32.7 Å². The summed E-state index contributed by atoms with van der Waals surface area (Å²) in [5.41, 5.74) is 0. The summed E-state index contributed by atoms with van der Waals surface area (Å²) >= 11 is 0. The second kappa shape index (κ2) is 5.13. The van der Waals surface area contributed by atoms with Gasteiger partial charge in [0.05, 0.1) is 6.42 Å². The van der Waals surface area contributed by atoms with E-state index in [0.717, 1.165) is 6.42 Å². The Morgan fingerprint density at radius 2 is 2.09 bits per heavy atom. The molecule has 0 saturated carbocycles. The van der Waals surface area contributed by atoms with Gasteiger partial charge in [-0.1, -0.05) is 13.8 Å². The van der Waals surface area contributed by atoms with Gasteiger partial charge in [-0.05, 0) is 19.4 Å². The smallest absolute Gasteiger partial charge is 0.304 e. The van der Waals surface area contributed by atoms with E-state index >= 15 is 0 Å². The maximum atomic E-state index is 10.3. The molecule has 0 amide bonds. The molecule has 0 spiro atoms. The second-order valence-electron chi connectivity index (χ2n) is 3.21. The summed E-state index contributed by atoms with van der Waals surface area (Å²) in [4.78, 5) is 10.3. The number of rotatable bonds is 5. The van der Waals surface area contributed by atoms with Crippen LogP contribution in [0.2, 0.25) is 0 Å². The van der Waals surface area contributed by atoms with Crippen LogP contribution in [0.25, 0.3) is 0 Å². The molecular formula is C8H17NO2. The van der Waals surface area contributed by atoms with E-state index in [1.165, 1.54) is 0 Å². The van der Waals surface area contributed by atoms with Gasteiger partial charge in [0, 0.05) is 6.04 Å². The minimum atomic E-state index is -0.731. The molecule has 0 saturated heterocycles. The Balaban J connectivity index is 3.66. The van der Waals surface area contributed by atoms with Gasteiger partial charge in [-0.15, -0.1) is 0 Å². The summed E-state index contributed by atoms with van der Waals surface area (Å²) in [7, 11) is 1.80. The quantitative estimate of drug-likeness (QED) is 0.631. The van der Waals surface area contributed by atoms with E-state index in [9.17, 15) is 4.79 Å². The summed E-state index contributed by atoms with van der Waals surface area (Å²) in [6, 6.07) is 0.118. The van der Waals surface area contributed by atoms with Crippen LogP contribution in [0.15, 0.2) is 0 Å². The van der Waals surface area contributed by atoms with Crippen LogP contribution in [-0.4, -0.2) is 24.2 Å². The van der Waals surface area contributed by atoms with Crippen molar-refractivity contribution in [1.82, 2.24) is 5.32 Å². The highest BCUT2D eigenvalue weighted by atomic mass is 16.4. The van der Waals surface area contributed by atoms with Crippen LogP contribution < -0.4 is 5.32 Å². The molecule has 0 aromatic rings. The van der Waals surface area contributed by atoms with E-state index in [1.807, 2.05) is 0 Å². The molecule has 0 aliphatic rings. The fraction of sp³-hybridized carbons (Fsp3) is 0.875. The molecule has 2 N–H and O–H groups in total. The van der Waals surface area contributed by atoms with Crippen molar-refractivity contribution >= 4 is 5.97 Å². The molecule has 11 heavy (non-hydrogen) atoms. The molecule has 0 radical (unpaired) electrons. The summed E-state index contributed by atoms with van der Waals surface area (Å²) in [5, 5.41) is 11.5. The maximum Gasteiger partial charge on any atom is 0.304 e. The van der Waals surface area contributed by atoms with Crippen LogP contribution in [0.1, 0.15) is 26.7 Å². The molecule has 0 aromatic carbocycles. The van der Waals surface area contributed by atoms with E-state index in [0.29, 0.717) is 5.92 Å². The first-order valence-corrected chi connectivity index (χ1v) is 3.95. The third-order valence-corrected chi connectivity index (χ3v) is 1.59. The van der Waals surface area contributed by atoms with Crippen LogP contribution in [0.5, 0.6) is 0 Å². The lowest BCUT2D eigenvalue weighted by Crippen LogP contribution is -2.29. The predicted octanol–water partition coefficient (Wildman–Crippen LogP) is 1.10. The first kappa shape index (κ1) is 10.4. The van der Waals surface area contributed by atoms with Crippen molar-refractivity contribution in [1.29, 1.82) is 0 Å². The van der Waals surface area contributed by atoms with Crippen molar-refractivity contribution in [3.8, 4) is 0 Å². The topological polar surface area (TPSA) is 49.3 Å². The van der Waals surface area contributed by atoms with Gasteiger partial charge >= 0.3 is 5.97 Å². The zero-order valence-corrected chi connectivity index (χ0v) is 7.42. The largest absolute Gasteiger partial charge is 0.481 e. The van der Waals surface area contributed by atoms with Gasteiger partial charge in [0.1, 0.15) is 0 Å². The Bertz CT molecular complexity index is 123. The highest BCUT2D eigenvalue weighted by Crippen LogP contribution is 2.06. The number of carboxylic acids is 1. The van der Waals surface area contributed by atoms with Gasteiger partial charge in [0.2, 0.25) is 0 Å². The van der Waals surface area contributed by atoms with Crippen molar-refractivity contribution in [2.75, 3.05) is 7.05 Å². The molecule has 0 heterocycles. The molecule has 0 rings (SSSR count). The number of carbonyl (C=O) groups is 1. The highest BCUT2D eigenvalue weighted by Gasteiger charge is 2.11. The van der Waals surface area contributed by atoms with Crippen molar-refractivity contribution in [2.24, 2.45) is 5.92 Å². The van der Waals surface area contributed by atoms with Crippen LogP contribution in [0.4, 0.5) is 0 Å². The van der Waals surface area contributed by atoms with Gasteiger partial charge in [0.15, 0.2) is 0 Å². The van der Waals surface area contributed by atoms with Crippen molar-refractivity contribution in [3.05, 3.63) is 0 Å². The van der Waals surface area contributed by atoms with E-state index in [1.54, 1.807) is 7.05 Å². The maximum absolute atomic E-state index is 10.3. The summed E-state index contributed by atoms with van der Waals surface area (Å²) in [6.07, 6.45) is 1.14. The van der Waals surface area contributed by atoms with Gasteiger partial charge in [-0.3, -0.25) is 4.79 Å². The lowest BCUT2D eigenvalue weighted by atomic mass is 10.0. The number of aliphatic carboxylic acids is 1. The molecule has 0 fully saturated rings. The van der Waals surface area contributed by atoms with Crippen LogP contribution in [-0.2, 0) is 4.79 Å². The Labute approximate surface area is 67.8 Å². The van der Waals surface area contributed by atoms with Crippen molar-refractivity contribution in [3.63, 3.8) is 0 Å². The molecule has 0 unspecified atom stereocenters. The summed E-state index contributed by atoms with van der Waals surface area (Å²) in [6.45, 7) is 4.18. The van der Waals surface area contributed by atoms with E-state index in [2.05, 4.69) is 19.2 Å². The fourth-order valence-electron chi connectivity index (χ4n) is 1.08. The standard InChI is InChI=1S/C8H17NO2/c1-6(2)4-7(9-3)5-8(10)11/h6-7,9H,4-5H2,1-3H3,(H,10,11)/t7-/m0/s1. The zero-order valence-electron chi connectivity index (χ0n) is 7.42. The Hall–Kier alpha value is -0.570. The third-order valence-electron chi connectivity index (χ3n) is 1.59. The Morgan fingerprint density at radius 1 is 1.55 bits per heavy atom. The van der Waals surface area contributed by atoms with E-state index in [4.69, 9.17) is 5.11 Å². The summed E-state index contributed by atoms with van der Waals surface area (Å²) < 4.78 is 0. The average Bonchev–Trinajstić information content (AvgIpc) is 1.84. The van der Waals surface area contributed by atoms with Gasteiger partial charge < -0.3 is 10.4 Å². The van der Waals surface area contributed by atoms with Crippen molar-refractivity contribution < 1.29 is 9.90 Å². The first-order chi connectivity index (χ1) is 5.06. The molecule has 1 atom stereocenters. The SMILES string of the molecule is CN[C@H](CC(=O)O)CC(C)C. The Kier molecular flexibility index (Phi) is 4.86. The molecule has 0 aliphatic heterocycles. The van der Waals surface area contributed by atoms with Gasteiger partial charge in [-0.25, -0.2) is 0 Å². The molecule has 0 aromatic heterocycles. The van der Waals surface area contributed by atoms with Crippen LogP contribution in [0, 0.1) is 5.92 Å². The molecule has 3 nitrogen and oxygen atoms in total. The number of nitrogens with one attached hydrogen (secondary N) is 1. The predicted molar refractivity (Wildman–Crippen MR) is 44.6 cm³/mol. The van der Waals surface area contributed by atoms with Gasteiger partial charge in [-0.2, -0.15) is 0 Å². The zero-order chi connectivity index (χ0) is 8.85. The van der Waals surface area contributed by atoms with Gasteiger partial charge in [0.25, 0.3) is 0 Å². The summed E-state index contributed by atoms with van der Waals surface area (Å²) in [5.74, 6) is -0.184. The number of hydrogen-bond acceptors (Lipinski definition) is 2. The lowest BCUT2D eigenvalue weighted by Gasteiger charge is -2.15.